The van der Waals surface area contributed by atoms with Crippen LogP contribution in [0.4, 0.5) is 28.4 Å². The minimum Gasteiger partial charge on any atom is -0.314 e. The second-order valence-corrected chi connectivity index (χ2v) is 11.3. The van der Waals surface area contributed by atoms with Crippen LogP contribution in [0.25, 0.3) is 27.5 Å². The molecule has 8 rings (SSSR count). The van der Waals surface area contributed by atoms with Crippen LogP contribution in [0.5, 0.6) is 0 Å². The molecule has 3 nitrogen and oxygen atoms in total. The molecule has 1 aromatic heterocycles. The van der Waals surface area contributed by atoms with E-state index in [1.165, 1.54) is 27.5 Å². The van der Waals surface area contributed by atoms with Crippen LogP contribution >= 0.6 is 0 Å². The van der Waals surface area contributed by atoms with E-state index in [4.69, 9.17) is 0 Å². The van der Waals surface area contributed by atoms with Gasteiger partial charge in [-0.15, -0.1) is 0 Å². The van der Waals surface area contributed by atoms with Crippen molar-refractivity contribution < 1.29 is 0 Å². The minimum atomic E-state index is 0.974. The highest BCUT2D eigenvalue weighted by atomic mass is 15.2. The molecule has 0 radical (unpaired) electrons. The van der Waals surface area contributed by atoms with Crippen molar-refractivity contribution in [1.29, 1.82) is 0 Å². The SMILES string of the molecule is C1=CCCC(N(c2ccccc2)c2cc(N(c3ccccc3)c3ccccc3)c3c4ccccc4n(-c4ccccc4)c3c2)=C1. The molecule has 45 heavy (non-hydrogen) atoms. The number of hydrogen-bond acceptors (Lipinski definition) is 2. The maximum absolute atomic E-state index is 2.44. The van der Waals surface area contributed by atoms with Crippen molar-refractivity contribution in [2.75, 3.05) is 9.80 Å². The van der Waals surface area contributed by atoms with E-state index >= 15 is 0 Å². The van der Waals surface area contributed by atoms with Gasteiger partial charge in [-0.3, -0.25) is 0 Å². The maximum Gasteiger partial charge on any atom is 0.0583 e. The molecule has 0 amide bonds. The lowest BCUT2D eigenvalue weighted by atomic mass is 10.0. The Morgan fingerprint density at radius 1 is 0.489 bits per heavy atom. The highest BCUT2D eigenvalue weighted by Crippen LogP contribution is 2.47. The van der Waals surface area contributed by atoms with Crippen LogP contribution in [0, 0.1) is 0 Å². The standard InChI is InChI=1S/C42H33N3/c1-6-18-32(19-7-1)43(33-20-8-2-9-21-33)37-30-40(44(34-22-10-3-11-23-34)35-24-12-4-13-25-35)42-38-28-16-17-29-39(38)45(41(42)31-37)36-26-14-5-15-27-36/h1-8,10-20,22-31H,9,21H2. The summed E-state index contributed by atoms with van der Waals surface area (Å²) in [5.74, 6) is 0. The molecule has 0 saturated carbocycles. The van der Waals surface area contributed by atoms with Gasteiger partial charge in [0.15, 0.2) is 0 Å². The summed E-state index contributed by atoms with van der Waals surface area (Å²) < 4.78 is 2.42. The Hall–Kier alpha value is -5.80. The summed E-state index contributed by atoms with van der Waals surface area (Å²) in [6.45, 7) is 0. The third-order valence-corrected chi connectivity index (χ3v) is 8.57. The van der Waals surface area contributed by atoms with Crippen molar-refractivity contribution in [3.05, 3.63) is 182 Å². The molecule has 6 aromatic carbocycles. The summed E-state index contributed by atoms with van der Waals surface area (Å²) in [6.07, 6.45) is 8.70. The molecule has 216 valence electrons. The lowest BCUT2D eigenvalue weighted by Crippen LogP contribution is -2.18. The molecule has 0 bridgehead atoms. The first-order valence-electron chi connectivity index (χ1n) is 15.6. The van der Waals surface area contributed by atoms with Gasteiger partial charge in [0.2, 0.25) is 0 Å². The molecule has 7 aromatic rings. The third kappa shape index (κ3) is 4.89. The Kier molecular flexibility index (Phi) is 6.97. The van der Waals surface area contributed by atoms with Crippen molar-refractivity contribution in [2.45, 2.75) is 12.8 Å². The van der Waals surface area contributed by atoms with Crippen molar-refractivity contribution >= 4 is 50.2 Å². The van der Waals surface area contributed by atoms with E-state index in [0.29, 0.717) is 0 Å². The van der Waals surface area contributed by atoms with Crippen LogP contribution in [0.2, 0.25) is 0 Å². The van der Waals surface area contributed by atoms with Crippen molar-refractivity contribution in [3.63, 3.8) is 0 Å². The Balaban J connectivity index is 1.52. The Morgan fingerprint density at radius 3 is 1.64 bits per heavy atom. The van der Waals surface area contributed by atoms with Crippen LogP contribution in [-0.4, -0.2) is 4.57 Å². The predicted octanol–water partition coefficient (Wildman–Crippen LogP) is 11.6. The van der Waals surface area contributed by atoms with Crippen LogP contribution in [0.3, 0.4) is 0 Å². The predicted molar refractivity (Wildman–Crippen MR) is 191 cm³/mol. The highest BCUT2D eigenvalue weighted by molar-refractivity contribution is 6.17. The third-order valence-electron chi connectivity index (χ3n) is 8.57. The van der Waals surface area contributed by atoms with Gasteiger partial charge in [0.1, 0.15) is 0 Å². The van der Waals surface area contributed by atoms with Gasteiger partial charge in [-0.2, -0.15) is 0 Å². The van der Waals surface area contributed by atoms with E-state index in [-0.39, 0.29) is 0 Å². The zero-order chi connectivity index (χ0) is 30.0. The fraction of sp³-hybridized carbons (Fsp3) is 0.0476. The monoisotopic (exact) mass is 579 g/mol. The molecule has 0 aliphatic heterocycles. The van der Waals surface area contributed by atoms with Gasteiger partial charge >= 0.3 is 0 Å². The van der Waals surface area contributed by atoms with E-state index < -0.39 is 0 Å². The second kappa shape index (κ2) is 11.7. The maximum atomic E-state index is 2.44. The molecule has 0 spiro atoms. The van der Waals surface area contributed by atoms with E-state index in [0.717, 1.165) is 47.0 Å². The van der Waals surface area contributed by atoms with Gasteiger partial charge in [0, 0.05) is 39.2 Å². The summed E-state index contributed by atoms with van der Waals surface area (Å²) >= 11 is 0. The summed E-state index contributed by atoms with van der Waals surface area (Å²) in [5.41, 5.74) is 10.4. The average Bonchev–Trinajstić information content (AvgIpc) is 3.45. The molecule has 0 N–H and O–H groups in total. The first kappa shape index (κ1) is 26.8. The molecule has 0 unspecified atom stereocenters. The quantitative estimate of drug-likeness (QED) is 0.186. The molecular formula is C42H33N3. The lowest BCUT2D eigenvalue weighted by Gasteiger charge is -2.32. The number of aromatic nitrogens is 1. The topological polar surface area (TPSA) is 11.4 Å². The number of hydrogen-bond donors (Lipinski definition) is 0. The van der Waals surface area contributed by atoms with Crippen LogP contribution in [-0.2, 0) is 0 Å². The molecule has 1 aliphatic rings. The van der Waals surface area contributed by atoms with Gasteiger partial charge in [-0.25, -0.2) is 0 Å². The zero-order valence-electron chi connectivity index (χ0n) is 25.0. The van der Waals surface area contributed by atoms with Crippen LogP contribution in [0.1, 0.15) is 12.8 Å². The number of benzene rings is 6. The van der Waals surface area contributed by atoms with Crippen molar-refractivity contribution in [3.8, 4) is 5.69 Å². The normalized spacial score (nSPS) is 12.8. The number of allylic oxidation sites excluding steroid dienone is 4. The van der Waals surface area contributed by atoms with E-state index in [2.05, 4.69) is 190 Å². The second-order valence-electron chi connectivity index (χ2n) is 11.3. The Bertz CT molecular complexity index is 2110. The van der Waals surface area contributed by atoms with Gasteiger partial charge in [-0.05, 0) is 85.6 Å². The largest absolute Gasteiger partial charge is 0.314 e. The average molecular weight is 580 g/mol. The van der Waals surface area contributed by atoms with Crippen LogP contribution in [0.15, 0.2) is 182 Å². The molecule has 0 fully saturated rings. The molecule has 1 aliphatic carbocycles. The Labute approximate surface area is 264 Å². The number of rotatable bonds is 7. The molecule has 0 saturated heterocycles. The van der Waals surface area contributed by atoms with E-state index in [1.807, 2.05) is 0 Å². The number of nitrogens with zero attached hydrogens (tertiary/aromatic N) is 3. The van der Waals surface area contributed by atoms with E-state index in [1.54, 1.807) is 0 Å². The minimum absolute atomic E-state index is 0.974. The summed E-state index contributed by atoms with van der Waals surface area (Å²) in [6, 6.07) is 56.5. The summed E-state index contributed by atoms with van der Waals surface area (Å²) in [4.78, 5) is 4.85. The van der Waals surface area contributed by atoms with Gasteiger partial charge in [0.25, 0.3) is 0 Å². The molecule has 1 heterocycles. The summed E-state index contributed by atoms with van der Waals surface area (Å²) in [5, 5.41) is 2.44. The lowest BCUT2D eigenvalue weighted by molar-refractivity contribution is 0.918. The van der Waals surface area contributed by atoms with Gasteiger partial charge in [0.05, 0.1) is 22.4 Å². The fourth-order valence-corrected chi connectivity index (χ4v) is 6.64. The highest BCUT2D eigenvalue weighted by Gasteiger charge is 2.25. The van der Waals surface area contributed by atoms with Crippen molar-refractivity contribution in [2.24, 2.45) is 0 Å². The number of anilines is 5. The van der Waals surface area contributed by atoms with E-state index in [9.17, 15) is 0 Å². The fourth-order valence-electron chi connectivity index (χ4n) is 6.64. The molecule has 3 heteroatoms. The molecular weight excluding hydrogens is 546 g/mol. The van der Waals surface area contributed by atoms with Gasteiger partial charge < -0.3 is 14.4 Å². The van der Waals surface area contributed by atoms with Gasteiger partial charge in [-0.1, -0.05) is 103 Å². The zero-order valence-corrected chi connectivity index (χ0v) is 25.0. The first-order chi connectivity index (χ1) is 22.4. The van der Waals surface area contributed by atoms with Crippen LogP contribution < -0.4 is 9.80 Å². The molecule has 0 atom stereocenters. The summed E-state index contributed by atoms with van der Waals surface area (Å²) in [7, 11) is 0. The smallest absolute Gasteiger partial charge is 0.0583 e. The van der Waals surface area contributed by atoms with Crippen molar-refractivity contribution in [1.82, 2.24) is 4.57 Å². The first-order valence-corrected chi connectivity index (χ1v) is 15.6. The number of fused-ring (bicyclic) bond motifs is 3. The number of para-hydroxylation sites is 5. The Morgan fingerprint density at radius 2 is 1.04 bits per heavy atom.